The molecule has 1 aromatic rings. The van der Waals surface area contributed by atoms with E-state index in [2.05, 4.69) is 35.1 Å². The van der Waals surface area contributed by atoms with E-state index in [1.54, 1.807) is 0 Å². The Hall–Kier alpha value is -0.540. The molecule has 0 aromatic heterocycles. The van der Waals surface area contributed by atoms with E-state index < -0.39 is 0 Å². The number of benzene rings is 1. The van der Waals surface area contributed by atoms with E-state index in [1.165, 1.54) is 19.3 Å². The van der Waals surface area contributed by atoms with Crippen LogP contribution in [0.5, 0.6) is 5.75 Å². The number of rotatable bonds is 7. The van der Waals surface area contributed by atoms with Crippen LogP contribution in [-0.4, -0.2) is 20.2 Å². The van der Waals surface area contributed by atoms with E-state index in [-0.39, 0.29) is 0 Å². The summed E-state index contributed by atoms with van der Waals surface area (Å²) in [4.78, 5) is 0. The van der Waals surface area contributed by atoms with Gasteiger partial charge in [0.1, 0.15) is 5.75 Å². The molecule has 0 heterocycles. The average molecular weight is 316 g/mol. The fourth-order valence-electron chi connectivity index (χ4n) is 1.25. The molecule has 0 aliphatic rings. The summed E-state index contributed by atoms with van der Waals surface area (Å²) in [5.41, 5.74) is 0. The maximum atomic E-state index is 5.59. The summed E-state index contributed by atoms with van der Waals surface area (Å²) >= 11 is 3.39. The summed E-state index contributed by atoms with van der Waals surface area (Å²) in [5.74, 6) is 0.963. The van der Waals surface area contributed by atoms with Gasteiger partial charge in [-0.25, -0.2) is 0 Å². The maximum absolute atomic E-state index is 5.59. The van der Waals surface area contributed by atoms with Gasteiger partial charge in [-0.2, -0.15) is 0 Å². The first kappa shape index (κ1) is 17.5. The molecule has 3 heteroatoms. The SMILES string of the molecule is CCCCCCOc1ccc(Br)cc1.CCNC. The van der Waals surface area contributed by atoms with Crippen LogP contribution in [0.1, 0.15) is 39.5 Å². The molecule has 0 saturated heterocycles. The van der Waals surface area contributed by atoms with Gasteiger partial charge in [-0.15, -0.1) is 0 Å². The van der Waals surface area contributed by atoms with Gasteiger partial charge in [0, 0.05) is 4.47 Å². The quantitative estimate of drug-likeness (QED) is 0.740. The Morgan fingerprint density at radius 2 is 1.67 bits per heavy atom. The lowest BCUT2D eigenvalue weighted by atomic mass is 10.2. The molecular formula is C15H26BrNO. The summed E-state index contributed by atoms with van der Waals surface area (Å²) in [5, 5.41) is 2.93. The molecule has 0 aliphatic heterocycles. The molecule has 0 fully saturated rings. The van der Waals surface area contributed by atoms with Gasteiger partial charge < -0.3 is 10.1 Å². The zero-order valence-corrected chi connectivity index (χ0v) is 13.4. The van der Waals surface area contributed by atoms with Crippen molar-refractivity contribution in [2.24, 2.45) is 0 Å². The Morgan fingerprint density at radius 1 is 1.06 bits per heavy atom. The van der Waals surface area contributed by atoms with Crippen molar-refractivity contribution >= 4 is 15.9 Å². The predicted molar refractivity (Wildman–Crippen MR) is 83.4 cm³/mol. The van der Waals surface area contributed by atoms with Crippen LogP contribution in [-0.2, 0) is 0 Å². The second-order valence-electron chi connectivity index (χ2n) is 4.07. The second kappa shape index (κ2) is 12.9. The van der Waals surface area contributed by atoms with Crippen molar-refractivity contribution < 1.29 is 4.74 Å². The smallest absolute Gasteiger partial charge is 0.119 e. The van der Waals surface area contributed by atoms with Crippen LogP contribution in [0.2, 0.25) is 0 Å². The second-order valence-corrected chi connectivity index (χ2v) is 4.99. The minimum atomic E-state index is 0.835. The summed E-state index contributed by atoms with van der Waals surface area (Å²) in [6.45, 7) is 6.19. The van der Waals surface area contributed by atoms with E-state index in [0.29, 0.717) is 0 Å². The van der Waals surface area contributed by atoms with Gasteiger partial charge >= 0.3 is 0 Å². The van der Waals surface area contributed by atoms with Crippen molar-refractivity contribution in [2.75, 3.05) is 20.2 Å². The molecule has 0 unspecified atom stereocenters. The fraction of sp³-hybridized carbons (Fsp3) is 0.600. The van der Waals surface area contributed by atoms with E-state index in [9.17, 15) is 0 Å². The lowest BCUT2D eigenvalue weighted by molar-refractivity contribution is 0.305. The standard InChI is InChI=1S/C12H17BrO.C3H9N/c1-2-3-4-5-10-14-12-8-6-11(13)7-9-12;1-3-4-2/h6-9H,2-5,10H2,1H3;4H,3H2,1-2H3. The number of nitrogens with one attached hydrogen (secondary N) is 1. The highest BCUT2D eigenvalue weighted by molar-refractivity contribution is 9.10. The molecule has 18 heavy (non-hydrogen) atoms. The van der Waals surface area contributed by atoms with Crippen LogP contribution in [0.4, 0.5) is 0 Å². The molecule has 1 N–H and O–H groups in total. The zero-order valence-electron chi connectivity index (χ0n) is 11.8. The molecule has 0 radical (unpaired) electrons. The molecule has 0 saturated carbocycles. The molecule has 1 rings (SSSR count). The first-order valence-electron chi connectivity index (χ1n) is 6.77. The highest BCUT2D eigenvalue weighted by Gasteiger charge is 1.93. The van der Waals surface area contributed by atoms with Crippen LogP contribution in [0.15, 0.2) is 28.7 Å². The van der Waals surface area contributed by atoms with Gasteiger partial charge in [-0.1, -0.05) is 49.0 Å². The number of hydrogen-bond acceptors (Lipinski definition) is 2. The Balaban J connectivity index is 0.000000631. The van der Waals surface area contributed by atoms with Crippen molar-refractivity contribution in [3.63, 3.8) is 0 Å². The Morgan fingerprint density at radius 3 is 2.17 bits per heavy atom. The predicted octanol–water partition coefficient (Wildman–Crippen LogP) is 4.63. The van der Waals surface area contributed by atoms with Gasteiger partial charge in [-0.05, 0) is 44.3 Å². The maximum Gasteiger partial charge on any atom is 0.119 e. The van der Waals surface area contributed by atoms with E-state index in [0.717, 1.165) is 29.8 Å². The van der Waals surface area contributed by atoms with Gasteiger partial charge in [0.25, 0.3) is 0 Å². The summed E-state index contributed by atoms with van der Waals surface area (Å²) in [6, 6.07) is 7.98. The lowest BCUT2D eigenvalue weighted by Gasteiger charge is -2.05. The third-order valence-electron chi connectivity index (χ3n) is 2.43. The van der Waals surface area contributed by atoms with Crippen molar-refractivity contribution in [1.29, 1.82) is 0 Å². The molecule has 2 nitrogen and oxygen atoms in total. The van der Waals surface area contributed by atoms with E-state index in [4.69, 9.17) is 4.74 Å². The number of hydrogen-bond donors (Lipinski definition) is 1. The van der Waals surface area contributed by atoms with Crippen molar-refractivity contribution in [3.8, 4) is 5.75 Å². The summed E-state index contributed by atoms with van der Waals surface area (Å²) < 4.78 is 6.68. The van der Waals surface area contributed by atoms with Crippen LogP contribution in [0.3, 0.4) is 0 Å². The monoisotopic (exact) mass is 315 g/mol. The van der Waals surface area contributed by atoms with Crippen LogP contribution < -0.4 is 10.1 Å². The van der Waals surface area contributed by atoms with Crippen molar-refractivity contribution in [2.45, 2.75) is 39.5 Å². The molecule has 104 valence electrons. The van der Waals surface area contributed by atoms with Crippen LogP contribution in [0.25, 0.3) is 0 Å². The first-order valence-corrected chi connectivity index (χ1v) is 7.56. The third-order valence-corrected chi connectivity index (χ3v) is 2.96. The normalized spacial score (nSPS) is 9.56. The molecule has 1 aromatic carbocycles. The van der Waals surface area contributed by atoms with Crippen molar-refractivity contribution in [3.05, 3.63) is 28.7 Å². The molecule has 0 bridgehead atoms. The minimum absolute atomic E-state index is 0.835. The highest BCUT2D eigenvalue weighted by atomic mass is 79.9. The van der Waals surface area contributed by atoms with Gasteiger partial charge in [-0.3, -0.25) is 0 Å². The topological polar surface area (TPSA) is 21.3 Å². The highest BCUT2D eigenvalue weighted by Crippen LogP contribution is 2.16. The first-order chi connectivity index (χ1) is 8.74. The minimum Gasteiger partial charge on any atom is -0.494 e. The van der Waals surface area contributed by atoms with Crippen LogP contribution in [0, 0.1) is 0 Å². The Labute approximate surface area is 120 Å². The Kier molecular flexibility index (Phi) is 12.5. The molecule has 0 spiro atoms. The van der Waals surface area contributed by atoms with Crippen LogP contribution >= 0.6 is 15.9 Å². The number of ether oxygens (including phenoxy) is 1. The molecule has 0 aliphatic carbocycles. The molecular weight excluding hydrogens is 290 g/mol. The number of unbranched alkanes of at least 4 members (excludes halogenated alkanes) is 3. The largest absolute Gasteiger partial charge is 0.494 e. The zero-order chi connectivity index (χ0) is 13.6. The van der Waals surface area contributed by atoms with Gasteiger partial charge in [0.05, 0.1) is 6.61 Å². The Bertz CT molecular complexity index is 272. The fourth-order valence-corrected chi connectivity index (χ4v) is 1.51. The van der Waals surface area contributed by atoms with Gasteiger partial charge in [0.2, 0.25) is 0 Å². The van der Waals surface area contributed by atoms with Crippen molar-refractivity contribution in [1.82, 2.24) is 5.32 Å². The molecule has 0 amide bonds. The third kappa shape index (κ3) is 10.6. The number of halogens is 1. The van der Waals surface area contributed by atoms with E-state index in [1.807, 2.05) is 31.3 Å². The lowest BCUT2D eigenvalue weighted by Crippen LogP contribution is -2.01. The summed E-state index contributed by atoms with van der Waals surface area (Å²) in [6.07, 6.45) is 5.01. The van der Waals surface area contributed by atoms with Gasteiger partial charge in [0.15, 0.2) is 0 Å². The summed E-state index contributed by atoms with van der Waals surface area (Å²) in [7, 11) is 1.93. The molecule has 0 atom stereocenters. The van der Waals surface area contributed by atoms with E-state index >= 15 is 0 Å². The average Bonchev–Trinajstić information content (AvgIpc) is 2.41.